The van der Waals surface area contributed by atoms with Gasteiger partial charge in [-0.1, -0.05) is 0 Å². The molecule has 0 heterocycles. The van der Waals surface area contributed by atoms with E-state index < -0.39 is 5.97 Å². The minimum absolute atomic E-state index is 0.413. The van der Waals surface area contributed by atoms with Gasteiger partial charge in [-0.2, -0.15) is 5.26 Å². The van der Waals surface area contributed by atoms with Crippen molar-refractivity contribution >= 4 is 23.0 Å². The molecule has 0 aromatic heterocycles. The summed E-state index contributed by atoms with van der Waals surface area (Å²) in [7, 11) is 3.18. The molecule has 5 nitrogen and oxygen atoms in total. The van der Waals surface area contributed by atoms with Gasteiger partial charge in [0.05, 0.1) is 35.7 Å². The van der Waals surface area contributed by atoms with E-state index in [0.717, 1.165) is 5.69 Å². The zero-order valence-corrected chi connectivity index (χ0v) is 11.8. The molecule has 0 saturated carbocycles. The number of hydrogen-bond donors (Lipinski definition) is 1. The Bertz CT molecular complexity index is 702. The molecule has 0 aliphatic carbocycles. The van der Waals surface area contributed by atoms with Gasteiger partial charge in [0, 0.05) is 12.7 Å². The van der Waals surface area contributed by atoms with Crippen LogP contribution in [-0.4, -0.2) is 20.1 Å². The van der Waals surface area contributed by atoms with Gasteiger partial charge < -0.3 is 15.4 Å². The summed E-state index contributed by atoms with van der Waals surface area (Å²) in [6.45, 7) is 0. The SMILES string of the molecule is COC(=O)c1ccc(N)c(N(C)c2ccc(C#N)cc2)c1. The second kappa shape index (κ2) is 5.97. The molecule has 0 aliphatic heterocycles. The second-order valence-electron chi connectivity index (χ2n) is 4.48. The summed E-state index contributed by atoms with van der Waals surface area (Å²) in [4.78, 5) is 13.5. The molecular weight excluding hydrogens is 266 g/mol. The summed E-state index contributed by atoms with van der Waals surface area (Å²) in [5.41, 5.74) is 9.11. The highest BCUT2D eigenvalue weighted by molar-refractivity contribution is 5.92. The van der Waals surface area contributed by atoms with E-state index in [1.54, 1.807) is 30.3 Å². The molecule has 0 atom stereocenters. The Morgan fingerprint density at radius 3 is 2.48 bits per heavy atom. The van der Waals surface area contributed by atoms with Crippen molar-refractivity contribution in [3.05, 3.63) is 53.6 Å². The molecule has 2 aromatic rings. The molecule has 0 radical (unpaired) electrons. The normalized spacial score (nSPS) is 9.76. The van der Waals surface area contributed by atoms with E-state index in [9.17, 15) is 4.79 Å². The van der Waals surface area contributed by atoms with E-state index in [1.807, 2.05) is 24.1 Å². The molecule has 106 valence electrons. The van der Waals surface area contributed by atoms with Crippen LogP contribution in [0.4, 0.5) is 17.1 Å². The molecule has 2 N–H and O–H groups in total. The molecule has 5 heteroatoms. The van der Waals surface area contributed by atoms with Gasteiger partial charge in [0.1, 0.15) is 0 Å². The molecule has 0 amide bonds. The zero-order chi connectivity index (χ0) is 15.4. The quantitative estimate of drug-likeness (QED) is 0.691. The molecule has 2 rings (SSSR count). The lowest BCUT2D eigenvalue weighted by Crippen LogP contribution is -2.13. The van der Waals surface area contributed by atoms with Crippen LogP contribution in [0.25, 0.3) is 0 Å². The summed E-state index contributed by atoms with van der Waals surface area (Å²) in [5.74, 6) is -0.413. The van der Waals surface area contributed by atoms with Crippen molar-refractivity contribution in [1.29, 1.82) is 5.26 Å². The van der Waals surface area contributed by atoms with Crippen LogP contribution in [0.5, 0.6) is 0 Å². The first-order valence-electron chi connectivity index (χ1n) is 6.28. The highest BCUT2D eigenvalue weighted by atomic mass is 16.5. The predicted molar refractivity (Wildman–Crippen MR) is 81.4 cm³/mol. The number of nitrogens with two attached hydrogens (primary N) is 1. The summed E-state index contributed by atoms with van der Waals surface area (Å²) < 4.78 is 4.71. The first kappa shape index (κ1) is 14.4. The standard InChI is InChI=1S/C16H15N3O2/c1-19(13-6-3-11(10-17)4-7-13)15-9-12(16(20)21-2)5-8-14(15)18/h3-9H,18H2,1-2H3. The number of nitrogens with zero attached hydrogens (tertiary/aromatic N) is 2. The maximum atomic E-state index is 11.6. The Morgan fingerprint density at radius 2 is 1.90 bits per heavy atom. The minimum atomic E-state index is -0.413. The van der Waals surface area contributed by atoms with E-state index in [4.69, 9.17) is 15.7 Å². The van der Waals surface area contributed by atoms with Crippen molar-refractivity contribution in [1.82, 2.24) is 0 Å². The fourth-order valence-corrected chi connectivity index (χ4v) is 1.98. The molecular formula is C16H15N3O2. The second-order valence-corrected chi connectivity index (χ2v) is 4.48. The van der Waals surface area contributed by atoms with Crippen molar-refractivity contribution in [2.75, 3.05) is 24.8 Å². The van der Waals surface area contributed by atoms with Gasteiger partial charge in [0.15, 0.2) is 0 Å². The topological polar surface area (TPSA) is 79.3 Å². The van der Waals surface area contributed by atoms with Crippen LogP contribution < -0.4 is 10.6 Å². The third kappa shape index (κ3) is 2.95. The largest absolute Gasteiger partial charge is 0.465 e. The molecule has 21 heavy (non-hydrogen) atoms. The van der Waals surface area contributed by atoms with Crippen molar-refractivity contribution < 1.29 is 9.53 Å². The summed E-state index contributed by atoms with van der Waals surface area (Å²) >= 11 is 0. The summed E-state index contributed by atoms with van der Waals surface area (Å²) in [6.07, 6.45) is 0. The number of anilines is 3. The Balaban J connectivity index is 2.39. The van der Waals surface area contributed by atoms with E-state index in [-0.39, 0.29) is 0 Å². The number of nitriles is 1. The third-order valence-electron chi connectivity index (χ3n) is 3.20. The minimum Gasteiger partial charge on any atom is -0.465 e. The first-order valence-corrected chi connectivity index (χ1v) is 6.28. The number of hydrogen-bond acceptors (Lipinski definition) is 5. The Kier molecular flexibility index (Phi) is 4.10. The van der Waals surface area contributed by atoms with Crippen LogP contribution >= 0.6 is 0 Å². The zero-order valence-electron chi connectivity index (χ0n) is 11.8. The highest BCUT2D eigenvalue weighted by Gasteiger charge is 2.12. The van der Waals surface area contributed by atoms with Crippen LogP contribution in [0, 0.1) is 11.3 Å². The number of rotatable bonds is 3. The molecule has 0 unspecified atom stereocenters. The third-order valence-corrected chi connectivity index (χ3v) is 3.20. The monoisotopic (exact) mass is 281 g/mol. The van der Waals surface area contributed by atoms with E-state index >= 15 is 0 Å². The van der Waals surface area contributed by atoms with Gasteiger partial charge in [-0.15, -0.1) is 0 Å². The Labute approximate surface area is 123 Å². The van der Waals surface area contributed by atoms with Gasteiger partial charge in [-0.05, 0) is 42.5 Å². The molecule has 0 fully saturated rings. The number of carbonyl (C=O) groups is 1. The van der Waals surface area contributed by atoms with Crippen LogP contribution in [0.2, 0.25) is 0 Å². The van der Waals surface area contributed by atoms with E-state index in [0.29, 0.717) is 22.5 Å². The van der Waals surface area contributed by atoms with Gasteiger partial charge in [-0.3, -0.25) is 0 Å². The predicted octanol–water partition coefficient (Wildman–Crippen LogP) is 2.69. The van der Waals surface area contributed by atoms with E-state index in [1.165, 1.54) is 7.11 Å². The maximum absolute atomic E-state index is 11.6. The smallest absolute Gasteiger partial charge is 0.337 e. The van der Waals surface area contributed by atoms with Crippen molar-refractivity contribution in [2.45, 2.75) is 0 Å². The number of carbonyl (C=O) groups excluding carboxylic acids is 1. The number of ether oxygens (including phenoxy) is 1. The lowest BCUT2D eigenvalue weighted by Gasteiger charge is -2.22. The summed E-state index contributed by atoms with van der Waals surface area (Å²) in [5, 5.41) is 8.82. The van der Waals surface area contributed by atoms with Crippen LogP contribution in [0.3, 0.4) is 0 Å². The van der Waals surface area contributed by atoms with E-state index in [2.05, 4.69) is 6.07 Å². The molecule has 0 spiro atoms. The average Bonchev–Trinajstić information content (AvgIpc) is 2.54. The molecule has 0 saturated heterocycles. The van der Waals surface area contributed by atoms with Crippen LogP contribution in [0.15, 0.2) is 42.5 Å². The number of nitrogen functional groups attached to an aromatic ring is 1. The lowest BCUT2D eigenvalue weighted by molar-refractivity contribution is 0.0601. The van der Waals surface area contributed by atoms with Gasteiger partial charge >= 0.3 is 5.97 Å². The molecule has 0 bridgehead atoms. The Hall–Kier alpha value is -3.00. The Morgan fingerprint density at radius 1 is 1.24 bits per heavy atom. The molecule has 2 aromatic carbocycles. The fourth-order valence-electron chi connectivity index (χ4n) is 1.98. The number of methoxy groups -OCH3 is 1. The summed E-state index contributed by atoms with van der Waals surface area (Å²) in [6, 6.07) is 14.1. The fraction of sp³-hybridized carbons (Fsp3) is 0.125. The van der Waals surface area contributed by atoms with Crippen molar-refractivity contribution in [3.63, 3.8) is 0 Å². The van der Waals surface area contributed by atoms with Crippen LogP contribution in [0.1, 0.15) is 15.9 Å². The molecule has 0 aliphatic rings. The van der Waals surface area contributed by atoms with Crippen LogP contribution in [-0.2, 0) is 4.74 Å². The first-order chi connectivity index (χ1) is 10.1. The van der Waals surface area contributed by atoms with Gasteiger partial charge in [-0.25, -0.2) is 4.79 Å². The number of benzene rings is 2. The lowest BCUT2D eigenvalue weighted by atomic mass is 10.1. The van der Waals surface area contributed by atoms with Gasteiger partial charge in [0.25, 0.3) is 0 Å². The number of esters is 1. The average molecular weight is 281 g/mol. The van der Waals surface area contributed by atoms with Crippen molar-refractivity contribution in [3.8, 4) is 6.07 Å². The highest BCUT2D eigenvalue weighted by Crippen LogP contribution is 2.30. The maximum Gasteiger partial charge on any atom is 0.337 e. The van der Waals surface area contributed by atoms with Gasteiger partial charge in [0.2, 0.25) is 0 Å². The van der Waals surface area contributed by atoms with Crippen molar-refractivity contribution in [2.24, 2.45) is 0 Å².